The molecule has 3 nitrogen and oxygen atoms in total. The van der Waals surface area contributed by atoms with E-state index in [-0.39, 0.29) is 5.60 Å². The molecule has 0 spiro atoms. The van der Waals surface area contributed by atoms with Gasteiger partial charge in [0.1, 0.15) is 0 Å². The zero-order chi connectivity index (χ0) is 13.9. The third-order valence-corrected chi connectivity index (χ3v) is 5.04. The van der Waals surface area contributed by atoms with E-state index in [0.29, 0.717) is 18.1 Å². The first kappa shape index (κ1) is 15.3. The van der Waals surface area contributed by atoms with E-state index in [1.807, 2.05) is 0 Å². The number of ether oxygens (including phenoxy) is 1. The second kappa shape index (κ2) is 6.55. The molecular formula is C16H32N2O. The average Bonchev–Trinajstić information content (AvgIpc) is 2.75. The van der Waals surface area contributed by atoms with Crippen LogP contribution in [0.5, 0.6) is 0 Å². The van der Waals surface area contributed by atoms with Gasteiger partial charge in [-0.3, -0.25) is 4.90 Å². The van der Waals surface area contributed by atoms with Gasteiger partial charge in [0.05, 0.1) is 11.7 Å². The van der Waals surface area contributed by atoms with Crippen molar-refractivity contribution in [1.29, 1.82) is 0 Å². The molecule has 2 rings (SSSR count). The summed E-state index contributed by atoms with van der Waals surface area (Å²) in [5.41, 5.74) is 6.07. The maximum absolute atomic E-state index is 6.17. The lowest BCUT2D eigenvalue weighted by Gasteiger charge is -2.40. The Bertz CT molecular complexity index is 280. The second-order valence-electron chi connectivity index (χ2n) is 6.97. The van der Waals surface area contributed by atoms with Gasteiger partial charge < -0.3 is 10.5 Å². The van der Waals surface area contributed by atoms with Crippen molar-refractivity contribution in [3.8, 4) is 0 Å². The molecule has 19 heavy (non-hydrogen) atoms. The van der Waals surface area contributed by atoms with E-state index >= 15 is 0 Å². The topological polar surface area (TPSA) is 38.5 Å². The van der Waals surface area contributed by atoms with Gasteiger partial charge >= 0.3 is 0 Å². The summed E-state index contributed by atoms with van der Waals surface area (Å²) in [5.74, 6) is 0.697. The lowest BCUT2D eigenvalue weighted by atomic mass is 9.83. The summed E-state index contributed by atoms with van der Waals surface area (Å²) < 4.78 is 6.17. The number of nitrogens with two attached hydrogens (primary N) is 1. The number of hydrogen-bond donors (Lipinski definition) is 1. The van der Waals surface area contributed by atoms with Crippen LogP contribution >= 0.6 is 0 Å². The van der Waals surface area contributed by atoms with Crippen molar-refractivity contribution in [2.24, 2.45) is 11.7 Å². The summed E-state index contributed by atoms with van der Waals surface area (Å²) in [6.07, 6.45) is 8.21. The van der Waals surface area contributed by atoms with Crippen LogP contribution in [0, 0.1) is 5.92 Å². The fraction of sp³-hybridized carbons (Fsp3) is 1.00. The minimum absolute atomic E-state index is 0.0872. The van der Waals surface area contributed by atoms with Gasteiger partial charge in [-0.1, -0.05) is 19.8 Å². The van der Waals surface area contributed by atoms with Gasteiger partial charge in [-0.15, -0.1) is 0 Å². The van der Waals surface area contributed by atoms with E-state index in [1.54, 1.807) is 0 Å². The SMILES string of the molecule is CCN(CC1CCC(C)(C)O1)C1CCCCC1CN. The first-order valence-electron chi connectivity index (χ1n) is 8.17. The highest BCUT2D eigenvalue weighted by molar-refractivity contribution is 4.88. The van der Waals surface area contributed by atoms with Crippen LogP contribution in [0.25, 0.3) is 0 Å². The average molecular weight is 268 g/mol. The van der Waals surface area contributed by atoms with Gasteiger partial charge in [-0.25, -0.2) is 0 Å². The Kier molecular flexibility index (Phi) is 5.27. The van der Waals surface area contributed by atoms with Crippen LogP contribution in [0.15, 0.2) is 0 Å². The fourth-order valence-electron chi connectivity index (χ4n) is 3.91. The van der Waals surface area contributed by atoms with Crippen LogP contribution in [0.3, 0.4) is 0 Å². The number of nitrogens with zero attached hydrogens (tertiary/aromatic N) is 1. The Hall–Kier alpha value is -0.120. The first-order valence-corrected chi connectivity index (χ1v) is 8.17. The van der Waals surface area contributed by atoms with E-state index in [4.69, 9.17) is 10.5 Å². The van der Waals surface area contributed by atoms with Crippen molar-refractivity contribution in [3.63, 3.8) is 0 Å². The maximum Gasteiger partial charge on any atom is 0.0710 e. The fourth-order valence-corrected chi connectivity index (χ4v) is 3.91. The molecular weight excluding hydrogens is 236 g/mol. The smallest absolute Gasteiger partial charge is 0.0710 e. The van der Waals surface area contributed by atoms with E-state index in [2.05, 4.69) is 25.7 Å². The quantitative estimate of drug-likeness (QED) is 0.833. The first-order chi connectivity index (χ1) is 9.05. The summed E-state index contributed by atoms with van der Waals surface area (Å²) in [6.45, 7) is 9.78. The van der Waals surface area contributed by atoms with E-state index in [1.165, 1.54) is 38.5 Å². The molecule has 2 fully saturated rings. The van der Waals surface area contributed by atoms with Crippen molar-refractivity contribution < 1.29 is 4.74 Å². The molecule has 2 aliphatic rings. The highest BCUT2D eigenvalue weighted by Gasteiger charge is 2.35. The summed E-state index contributed by atoms with van der Waals surface area (Å²) >= 11 is 0. The molecule has 1 saturated heterocycles. The lowest BCUT2D eigenvalue weighted by Crippen LogP contribution is -2.48. The van der Waals surface area contributed by atoms with Crippen molar-refractivity contribution >= 4 is 0 Å². The summed E-state index contributed by atoms with van der Waals surface area (Å²) in [5, 5.41) is 0. The van der Waals surface area contributed by atoms with Crippen molar-refractivity contribution in [1.82, 2.24) is 4.90 Å². The van der Waals surface area contributed by atoms with Crippen LogP contribution in [0.1, 0.15) is 59.3 Å². The minimum Gasteiger partial charge on any atom is -0.371 e. The third-order valence-electron chi connectivity index (χ3n) is 5.04. The summed E-state index contributed by atoms with van der Waals surface area (Å²) in [7, 11) is 0. The molecule has 1 heterocycles. The Balaban J connectivity index is 1.92. The van der Waals surface area contributed by atoms with Gasteiger partial charge in [-0.05, 0) is 58.5 Å². The Morgan fingerprint density at radius 2 is 1.95 bits per heavy atom. The molecule has 3 unspecified atom stereocenters. The standard InChI is InChI=1S/C16H32N2O/c1-4-18(12-14-9-10-16(2,3)19-14)15-8-6-5-7-13(15)11-17/h13-15H,4-12,17H2,1-3H3. The molecule has 0 aromatic rings. The predicted molar refractivity (Wildman–Crippen MR) is 80.2 cm³/mol. The normalized spacial score (nSPS) is 34.9. The van der Waals surface area contributed by atoms with E-state index in [0.717, 1.165) is 19.6 Å². The highest BCUT2D eigenvalue weighted by atomic mass is 16.5. The summed E-state index contributed by atoms with van der Waals surface area (Å²) in [4.78, 5) is 2.64. The van der Waals surface area contributed by atoms with Crippen LogP contribution in [0.2, 0.25) is 0 Å². The lowest BCUT2D eigenvalue weighted by molar-refractivity contribution is -0.0389. The number of hydrogen-bond acceptors (Lipinski definition) is 3. The molecule has 0 aromatic heterocycles. The highest BCUT2D eigenvalue weighted by Crippen LogP contribution is 2.32. The zero-order valence-corrected chi connectivity index (χ0v) is 13.0. The predicted octanol–water partition coefficient (Wildman–Crippen LogP) is 2.78. The number of rotatable bonds is 5. The molecule has 0 bridgehead atoms. The Morgan fingerprint density at radius 1 is 1.21 bits per heavy atom. The Labute approximate surface area is 118 Å². The van der Waals surface area contributed by atoms with E-state index < -0.39 is 0 Å². The largest absolute Gasteiger partial charge is 0.371 e. The van der Waals surface area contributed by atoms with Gasteiger partial charge in [0.15, 0.2) is 0 Å². The van der Waals surface area contributed by atoms with Crippen LogP contribution < -0.4 is 5.73 Å². The molecule has 3 heteroatoms. The molecule has 0 amide bonds. The minimum atomic E-state index is 0.0872. The molecule has 3 atom stereocenters. The van der Waals surface area contributed by atoms with Crippen LogP contribution in [-0.2, 0) is 4.74 Å². The molecule has 0 aromatic carbocycles. The van der Waals surface area contributed by atoms with Crippen LogP contribution in [0.4, 0.5) is 0 Å². The van der Waals surface area contributed by atoms with Crippen LogP contribution in [-0.4, -0.2) is 42.3 Å². The zero-order valence-electron chi connectivity index (χ0n) is 13.0. The van der Waals surface area contributed by atoms with Gasteiger partial charge in [-0.2, -0.15) is 0 Å². The monoisotopic (exact) mass is 268 g/mol. The van der Waals surface area contributed by atoms with Crippen molar-refractivity contribution in [2.45, 2.75) is 77.0 Å². The van der Waals surface area contributed by atoms with Crippen molar-refractivity contribution in [2.75, 3.05) is 19.6 Å². The van der Waals surface area contributed by atoms with E-state index in [9.17, 15) is 0 Å². The van der Waals surface area contributed by atoms with Gasteiger partial charge in [0.25, 0.3) is 0 Å². The van der Waals surface area contributed by atoms with Gasteiger partial charge in [0.2, 0.25) is 0 Å². The molecule has 0 radical (unpaired) electrons. The second-order valence-corrected chi connectivity index (χ2v) is 6.97. The summed E-state index contributed by atoms with van der Waals surface area (Å²) in [6, 6.07) is 0.691. The molecule has 112 valence electrons. The maximum atomic E-state index is 6.17. The molecule has 2 N–H and O–H groups in total. The molecule has 1 aliphatic carbocycles. The molecule has 1 saturated carbocycles. The van der Waals surface area contributed by atoms with Crippen molar-refractivity contribution in [3.05, 3.63) is 0 Å². The third kappa shape index (κ3) is 3.93. The number of likely N-dealkylation sites (N-methyl/N-ethyl adjacent to an activating group) is 1. The van der Waals surface area contributed by atoms with Gasteiger partial charge in [0, 0.05) is 12.6 Å². The Morgan fingerprint density at radius 3 is 2.53 bits per heavy atom. The molecule has 1 aliphatic heterocycles.